The lowest BCUT2D eigenvalue weighted by atomic mass is 10.1. The molecule has 5 rings (SSSR count). The molecule has 0 unspecified atom stereocenters. The molecule has 0 bridgehead atoms. The van der Waals surface area contributed by atoms with Gasteiger partial charge >= 0.3 is 0 Å². The number of ether oxygens (including phenoxy) is 2. The maximum absolute atomic E-state index is 12.9. The van der Waals surface area contributed by atoms with Gasteiger partial charge in [0.05, 0.1) is 25.2 Å². The van der Waals surface area contributed by atoms with Gasteiger partial charge in [-0.05, 0) is 70.1 Å². The predicted octanol–water partition coefficient (Wildman–Crippen LogP) is 7.91. The van der Waals surface area contributed by atoms with Crippen LogP contribution >= 0.6 is 35.1 Å². The molecule has 1 aliphatic rings. The van der Waals surface area contributed by atoms with E-state index in [0.717, 1.165) is 28.6 Å². The van der Waals surface area contributed by atoms with Gasteiger partial charge in [0.2, 0.25) is 0 Å². The van der Waals surface area contributed by atoms with Gasteiger partial charge in [0, 0.05) is 15.7 Å². The summed E-state index contributed by atoms with van der Waals surface area (Å²) in [4.78, 5) is 28.3. The van der Waals surface area contributed by atoms with Gasteiger partial charge in [0.1, 0.15) is 0 Å². The van der Waals surface area contributed by atoms with Crippen molar-refractivity contribution in [1.82, 2.24) is 4.90 Å². The third-order valence-electron chi connectivity index (χ3n) is 5.94. The van der Waals surface area contributed by atoms with Gasteiger partial charge in [-0.25, -0.2) is 0 Å². The Kier molecular flexibility index (Phi) is 8.27. The summed E-state index contributed by atoms with van der Waals surface area (Å²) in [5, 5.41) is 2.71. The lowest BCUT2D eigenvalue weighted by molar-refractivity contribution is -0.123. The van der Waals surface area contributed by atoms with Crippen molar-refractivity contribution in [3.05, 3.63) is 106 Å². The normalized spacial score (nSPS) is 14.5. The Morgan fingerprint density at radius 1 is 0.947 bits per heavy atom. The molecule has 4 aromatic rings. The van der Waals surface area contributed by atoms with Gasteiger partial charge < -0.3 is 9.47 Å². The second-order valence-corrected chi connectivity index (χ2v) is 11.0. The van der Waals surface area contributed by atoms with Crippen LogP contribution in [0.5, 0.6) is 11.5 Å². The van der Waals surface area contributed by atoms with E-state index < -0.39 is 0 Å². The molecule has 0 spiro atoms. The summed E-state index contributed by atoms with van der Waals surface area (Å²) in [6.45, 7) is 0.682. The van der Waals surface area contributed by atoms with Gasteiger partial charge in [-0.1, -0.05) is 66.2 Å². The van der Waals surface area contributed by atoms with Gasteiger partial charge in [-0.3, -0.25) is 14.5 Å². The minimum atomic E-state index is -0.329. The maximum Gasteiger partial charge on any atom is 0.293 e. The summed E-state index contributed by atoms with van der Waals surface area (Å²) in [7, 11) is 1.58. The number of nitrogens with zero attached hydrogens (tertiary/aromatic N) is 1. The average molecular weight is 562 g/mol. The molecule has 1 saturated heterocycles. The molecule has 1 aliphatic heterocycles. The van der Waals surface area contributed by atoms with Crippen LogP contribution in [0, 0.1) is 0 Å². The van der Waals surface area contributed by atoms with Crippen molar-refractivity contribution in [2.24, 2.45) is 0 Å². The summed E-state index contributed by atoms with van der Waals surface area (Å²) in [5.41, 5.74) is 1.54. The van der Waals surface area contributed by atoms with Gasteiger partial charge in [-0.15, -0.1) is 11.8 Å². The first-order valence-corrected chi connectivity index (χ1v) is 14.1. The zero-order valence-electron chi connectivity index (χ0n) is 20.6. The highest BCUT2D eigenvalue weighted by Gasteiger charge is 2.35. The largest absolute Gasteiger partial charge is 0.493 e. The molecule has 8 heteroatoms. The molecule has 192 valence electrons. The van der Waals surface area contributed by atoms with E-state index in [-0.39, 0.29) is 17.7 Å². The molecular formula is C30H24ClNO4S2. The molecule has 38 heavy (non-hydrogen) atoms. The Hall–Kier alpha value is -3.39. The number of hydrogen-bond donors (Lipinski definition) is 0. The van der Waals surface area contributed by atoms with Crippen LogP contribution in [0.2, 0.25) is 5.02 Å². The number of halogens is 1. The molecule has 4 aromatic carbocycles. The fourth-order valence-electron chi connectivity index (χ4n) is 4.12. The molecule has 0 atom stereocenters. The lowest BCUT2D eigenvalue weighted by Crippen LogP contribution is -2.27. The third kappa shape index (κ3) is 6.01. The van der Waals surface area contributed by atoms with Gasteiger partial charge in [0.15, 0.2) is 11.5 Å². The van der Waals surface area contributed by atoms with E-state index in [1.54, 1.807) is 49.2 Å². The van der Waals surface area contributed by atoms with Crippen molar-refractivity contribution in [3.8, 4) is 11.5 Å². The summed E-state index contributed by atoms with van der Waals surface area (Å²) in [6, 6.07) is 27.3. The molecule has 0 aromatic heterocycles. The maximum atomic E-state index is 12.9. The molecule has 0 saturated carbocycles. The smallest absolute Gasteiger partial charge is 0.293 e. The Morgan fingerprint density at radius 2 is 1.76 bits per heavy atom. The van der Waals surface area contributed by atoms with Crippen molar-refractivity contribution in [2.45, 2.75) is 11.4 Å². The standard InChI is InChI=1S/C30H24ClNO4S2/c1-35-26-17-20(18-28-29(33)32(30(34)38-28)19-21-6-4-9-23(31)16-21)12-13-25(26)36-14-15-37-27-11-5-8-22-7-2-3-10-24(22)27/h2-13,16-18H,14-15,19H2,1H3/b28-18-. The fraction of sp³-hybridized carbons (Fsp3) is 0.133. The first-order valence-electron chi connectivity index (χ1n) is 11.9. The summed E-state index contributed by atoms with van der Waals surface area (Å²) in [5.74, 6) is 1.63. The number of hydrogen-bond acceptors (Lipinski definition) is 6. The quantitative estimate of drug-likeness (QED) is 0.118. The van der Waals surface area contributed by atoms with E-state index >= 15 is 0 Å². The SMILES string of the molecule is COc1cc(/C=C2\SC(=O)N(Cc3cccc(Cl)c3)C2=O)ccc1OCCSc1cccc2ccccc12. The van der Waals surface area contributed by atoms with E-state index in [2.05, 4.69) is 36.4 Å². The number of methoxy groups -OCH3 is 1. The number of carbonyl (C=O) groups is 2. The Bertz CT molecular complexity index is 1530. The topological polar surface area (TPSA) is 55.8 Å². The van der Waals surface area contributed by atoms with Crippen LogP contribution in [0.4, 0.5) is 4.79 Å². The molecule has 0 radical (unpaired) electrons. The second kappa shape index (κ2) is 12.0. The van der Waals surface area contributed by atoms with Crippen LogP contribution in [0.25, 0.3) is 16.8 Å². The van der Waals surface area contributed by atoms with Crippen molar-refractivity contribution in [3.63, 3.8) is 0 Å². The highest BCUT2D eigenvalue weighted by molar-refractivity contribution is 8.18. The first kappa shape index (κ1) is 26.2. The summed E-state index contributed by atoms with van der Waals surface area (Å²) < 4.78 is 11.5. The van der Waals surface area contributed by atoms with Gasteiger partial charge in [0.25, 0.3) is 11.1 Å². The van der Waals surface area contributed by atoms with E-state index in [0.29, 0.717) is 28.0 Å². The van der Waals surface area contributed by atoms with E-state index in [4.69, 9.17) is 21.1 Å². The Labute approximate surface area is 234 Å². The third-order valence-corrected chi connectivity index (χ3v) is 8.12. The summed E-state index contributed by atoms with van der Waals surface area (Å²) in [6.07, 6.45) is 1.70. The molecule has 5 nitrogen and oxygen atoms in total. The van der Waals surface area contributed by atoms with Crippen LogP contribution in [-0.4, -0.2) is 35.5 Å². The van der Waals surface area contributed by atoms with Crippen LogP contribution in [0.3, 0.4) is 0 Å². The van der Waals surface area contributed by atoms with Crippen LogP contribution in [0.15, 0.2) is 94.7 Å². The van der Waals surface area contributed by atoms with Crippen molar-refractivity contribution in [1.29, 1.82) is 0 Å². The number of rotatable bonds is 9. The minimum Gasteiger partial charge on any atom is -0.493 e. The van der Waals surface area contributed by atoms with Crippen LogP contribution < -0.4 is 9.47 Å². The number of carbonyl (C=O) groups excluding carboxylic acids is 2. The second-order valence-electron chi connectivity index (χ2n) is 8.48. The zero-order valence-corrected chi connectivity index (χ0v) is 22.9. The highest BCUT2D eigenvalue weighted by Crippen LogP contribution is 2.36. The number of amides is 2. The predicted molar refractivity (Wildman–Crippen MR) is 156 cm³/mol. The number of thioether (sulfide) groups is 2. The monoisotopic (exact) mass is 561 g/mol. The Morgan fingerprint density at radius 3 is 2.61 bits per heavy atom. The molecule has 0 aliphatic carbocycles. The van der Waals surface area contributed by atoms with Crippen molar-refractivity contribution in [2.75, 3.05) is 19.5 Å². The molecule has 0 N–H and O–H groups in total. The molecular weight excluding hydrogens is 538 g/mol. The zero-order chi connectivity index (χ0) is 26.5. The average Bonchev–Trinajstić information content (AvgIpc) is 3.18. The molecule has 1 fully saturated rings. The first-order chi connectivity index (χ1) is 18.5. The van der Waals surface area contributed by atoms with Crippen LogP contribution in [0.1, 0.15) is 11.1 Å². The van der Waals surface area contributed by atoms with Crippen molar-refractivity contribution >= 4 is 63.1 Å². The molecule has 1 heterocycles. The minimum absolute atomic E-state index is 0.176. The number of imide groups is 1. The molecule has 2 amide bonds. The Balaban J connectivity index is 1.22. The van der Waals surface area contributed by atoms with E-state index in [1.165, 1.54) is 20.6 Å². The van der Waals surface area contributed by atoms with Crippen molar-refractivity contribution < 1.29 is 19.1 Å². The fourth-order valence-corrected chi connectivity index (χ4v) is 6.08. The highest BCUT2D eigenvalue weighted by atomic mass is 35.5. The summed E-state index contributed by atoms with van der Waals surface area (Å²) >= 11 is 8.71. The lowest BCUT2D eigenvalue weighted by Gasteiger charge is -2.13. The number of fused-ring (bicyclic) bond motifs is 1. The van der Waals surface area contributed by atoms with Crippen LogP contribution in [-0.2, 0) is 11.3 Å². The van der Waals surface area contributed by atoms with E-state index in [9.17, 15) is 9.59 Å². The van der Waals surface area contributed by atoms with E-state index in [1.807, 2.05) is 24.3 Å². The number of benzene rings is 4. The van der Waals surface area contributed by atoms with Gasteiger partial charge in [-0.2, -0.15) is 0 Å².